The summed E-state index contributed by atoms with van der Waals surface area (Å²) in [5.74, 6) is -0.0787. The first-order valence-electron chi connectivity index (χ1n) is 5.93. The number of aromatic nitrogens is 2. The maximum Gasteiger partial charge on any atom is 0.270 e. The van der Waals surface area contributed by atoms with Crippen molar-refractivity contribution in [1.82, 2.24) is 9.97 Å². The lowest BCUT2D eigenvalue weighted by atomic mass is 10.1. The third kappa shape index (κ3) is 2.66. The predicted octanol–water partition coefficient (Wildman–Crippen LogP) is 4.73. The number of phenols is 1. The van der Waals surface area contributed by atoms with Gasteiger partial charge in [-0.15, -0.1) is 11.3 Å². The van der Waals surface area contributed by atoms with E-state index in [2.05, 4.69) is 9.97 Å². The van der Waals surface area contributed by atoms with Crippen molar-refractivity contribution in [2.24, 2.45) is 0 Å². The molecule has 6 nitrogen and oxygen atoms in total. The van der Waals surface area contributed by atoms with Gasteiger partial charge in [0.2, 0.25) is 0 Å². The van der Waals surface area contributed by atoms with Gasteiger partial charge in [0.25, 0.3) is 5.69 Å². The van der Waals surface area contributed by atoms with Crippen LogP contribution in [-0.4, -0.2) is 20.0 Å². The quantitative estimate of drug-likeness (QED) is 0.524. The third-order valence-electron chi connectivity index (χ3n) is 2.93. The molecule has 0 unspecified atom stereocenters. The number of nitrogens with one attached hydrogen (secondary N) is 1. The molecule has 0 aliphatic rings. The maximum absolute atomic E-state index is 10.8. The molecule has 0 aliphatic heterocycles. The first-order chi connectivity index (χ1) is 10.5. The smallest absolute Gasteiger partial charge is 0.270 e. The van der Waals surface area contributed by atoms with E-state index in [4.69, 9.17) is 23.2 Å². The average molecular weight is 356 g/mol. The lowest BCUT2D eigenvalue weighted by Crippen LogP contribution is -1.89. The van der Waals surface area contributed by atoms with Crippen LogP contribution in [-0.2, 0) is 0 Å². The van der Waals surface area contributed by atoms with Gasteiger partial charge in [-0.1, -0.05) is 23.2 Å². The number of hydrogen-bond donors (Lipinski definition) is 2. The number of aromatic hydroxyl groups is 1. The Bertz CT molecular complexity index is 856. The minimum atomic E-state index is -0.527. The number of halogens is 2. The molecule has 3 aromatic rings. The van der Waals surface area contributed by atoms with Crippen molar-refractivity contribution in [2.45, 2.75) is 0 Å². The van der Waals surface area contributed by atoms with Gasteiger partial charge < -0.3 is 10.1 Å². The van der Waals surface area contributed by atoms with Gasteiger partial charge in [-0.2, -0.15) is 0 Å². The molecule has 0 bridgehead atoms. The van der Waals surface area contributed by atoms with Crippen molar-refractivity contribution in [1.29, 1.82) is 0 Å². The molecule has 0 saturated heterocycles. The Kier molecular flexibility index (Phi) is 3.78. The minimum absolute atomic E-state index is 0.0787. The van der Waals surface area contributed by atoms with Gasteiger partial charge >= 0.3 is 0 Å². The Balaban J connectivity index is 2.04. The van der Waals surface area contributed by atoms with E-state index in [1.807, 2.05) is 0 Å². The van der Waals surface area contributed by atoms with Crippen LogP contribution in [0.3, 0.4) is 0 Å². The normalized spacial score (nSPS) is 10.8. The number of H-pyrrole nitrogens is 1. The van der Waals surface area contributed by atoms with Crippen LogP contribution in [0.2, 0.25) is 10.2 Å². The lowest BCUT2D eigenvalue weighted by Gasteiger charge is -2.00. The first kappa shape index (κ1) is 14.8. The van der Waals surface area contributed by atoms with Gasteiger partial charge in [0.15, 0.2) is 0 Å². The SMILES string of the molecule is O=[N+]([O-])c1ccc(O)c(-c2csc(-c3cc(Cl)c(Cl)[nH]3)n2)c1. The van der Waals surface area contributed by atoms with Crippen LogP contribution in [0.4, 0.5) is 5.69 Å². The Morgan fingerprint density at radius 3 is 2.73 bits per heavy atom. The Morgan fingerprint density at radius 2 is 2.09 bits per heavy atom. The van der Waals surface area contributed by atoms with Gasteiger partial charge in [-0.05, 0) is 12.1 Å². The number of non-ortho nitro benzene ring substituents is 1. The van der Waals surface area contributed by atoms with Crippen LogP contribution < -0.4 is 0 Å². The first-order valence-corrected chi connectivity index (χ1v) is 7.57. The van der Waals surface area contributed by atoms with Gasteiger partial charge in [0, 0.05) is 23.1 Å². The topological polar surface area (TPSA) is 92.0 Å². The number of aromatic amines is 1. The van der Waals surface area contributed by atoms with Gasteiger partial charge in [-0.3, -0.25) is 10.1 Å². The molecule has 9 heteroatoms. The van der Waals surface area contributed by atoms with E-state index in [1.54, 1.807) is 11.4 Å². The number of thiazole rings is 1. The van der Waals surface area contributed by atoms with Crippen LogP contribution in [0.15, 0.2) is 29.6 Å². The molecule has 0 spiro atoms. The monoisotopic (exact) mass is 355 g/mol. The fourth-order valence-electron chi connectivity index (χ4n) is 1.88. The molecule has 0 amide bonds. The van der Waals surface area contributed by atoms with Crippen LogP contribution in [0.25, 0.3) is 22.0 Å². The average Bonchev–Trinajstić information content (AvgIpc) is 3.07. The molecule has 2 heterocycles. The van der Waals surface area contributed by atoms with Crippen LogP contribution >= 0.6 is 34.5 Å². The highest BCUT2D eigenvalue weighted by molar-refractivity contribution is 7.13. The van der Waals surface area contributed by atoms with Crippen molar-refractivity contribution in [3.63, 3.8) is 0 Å². The highest BCUT2D eigenvalue weighted by Gasteiger charge is 2.16. The van der Waals surface area contributed by atoms with Crippen LogP contribution in [0, 0.1) is 10.1 Å². The van der Waals surface area contributed by atoms with Crippen LogP contribution in [0.1, 0.15) is 0 Å². The van der Waals surface area contributed by atoms with Gasteiger partial charge in [0.05, 0.1) is 21.3 Å². The summed E-state index contributed by atoms with van der Waals surface area (Å²) in [6.45, 7) is 0. The Labute approximate surface area is 138 Å². The van der Waals surface area contributed by atoms with Crippen molar-refractivity contribution in [2.75, 3.05) is 0 Å². The van der Waals surface area contributed by atoms with E-state index in [0.717, 1.165) is 0 Å². The standard InChI is InChI=1S/C13H7Cl2N3O3S/c14-8-4-9(16-12(8)15)13-17-10(5-22-13)7-3-6(18(20)21)1-2-11(7)19/h1-5,16,19H. The summed E-state index contributed by atoms with van der Waals surface area (Å²) in [6, 6.07) is 5.42. The summed E-state index contributed by atoms with van der Waals surface area (Å²) in [4.78, 5) is 17.5. The second-order valence-corrected chi connectivity index (χ2v) is 5.98. The summed E-state index contributed by atoms with van der Waals surface area (Å²) >= 11 is 13.0. The fourth-order valence-corrected chi connectivity index (χ4v) is 2.99. The minimum Gasteiger partial charge on any atom is -0.507 e. The Morgan fingerprint density at radius 1 is 1.32 bits per heavy atom. The molecule has 3 rings (SSSR count). The molecule has 112 valence electrons. The maximum atomic E-state index is 10.8. The number of nitrogens with zero attached hydrogens (tertiary/aromatic N) is 2. The van der Waals surface area contributed by atoms with E-state index >= 15 is 0 Å². The number of hydrogen-bond acceptors (Lipinski definition) is 5. The zero-order valence-corrected chi connectivity index (χ0v) is 13.0. The number of phenolic OH excluding ortho intramolecular Hbond substituents is 1. The molecule has 0 atom stereocenters. The van der Waals surface area contributed by atoms with Crippen molar-refractivity contribution in [3.05, 3.63) is 49.9 Å². The molecule has 22 heavy (non-hydrogen) atoms. The highest BCUT2D eigenvalue weighted by atomic mass is 35.5. The summed E-state index contributed by atoms with van der Waals surface area (Å²) < 4.78 is 0. The van der Waals surface area contributed by atoms with E-state index < -0.39 is 4.92 Å². The summed E-state index contributed by atoms with van der Waals surface area (Å²) in [7, 11) is 0. The summed E-state index contributed by atoms with van der Waals surface area (Å²) in [5, 5.41) is 23.7. The summed E-state index contributed by atoms with van der Waals surface area (Å²) in [6.07, 6.45) is 0. The third-order valence-corrected chi connectivity index (χ3v) is 4.50. The molecule has 2 aromatic heterocycles. The second-order valence-electron chi connectivity index (χ2n) is 4.34. The zero-order valence-electron chi connectivity index (χ0n) is 10.7. The van der Waals surface area contributed by atoms with Crippen LogP contribution in [0.5, 0.6) is 5.75 Å². The predicted molar refractivity (Wildman–Crippen MR) is 85.7 cm³/mol. The number of rotatable bonds is 3. The fraction of sp³-hybridized carbons (Fsp3) is 0. The van der Waals surface area contributed by atoms with E-state index in [-0.39, 0.29) is 11.4 Å². The molecule has 1 aromatic carbocycles. The molecule has 0 saturated carbocycles. The zero-order chi connectivity index (χ0) is 15.9. The molecule has 2 N–H and O–H groups in total. The second kappa shape index (κ2) is 5.60. The van der Waals surface area contributed by atoms with Crippen molar-refractivity contribution in [3.8, 4) is 27.7 Å². The lowest BCUT2D eigenvalue weighted by molar-refractivity contribution is -0.384. The van der Waals surface area contributed by atoms with E-state index in [0.29, 0.717) is 32.1 Å². The van der Waals surface area contributed by atoms with Crippen molar-refractivity contribution < 1.29 is 10.0 Å². The molecule has 0 radical (unpaired) electrons. The highest BCUT2D eigenvalue weighted by Crippen LogP contribution is 2.36. The molecular formula is C13H7Cl2N3O3S. The number of benzene rings is 1. The molecular weight excluding hydrogens is 349 g/mol. The molecule has 0 fully saturated rings. The van der Waals surface area contributed by atoms with Crippen molar-refractivity contribution >= 4 is 40.2 Å². The number of nitro groups is 1. The number of nitro benzene ring substituents is 1. The molecule has 0 aliphatic carbocycles. The summed E-state index contributed by atoms with van der Waals surface area (Å²) in [5.41, 5.74) is 1.24. The Hall–Kier alpha value is -2.09. The van der Waals surface area contributed by atoms with Gasteiger partial charge in [-0.25, -0.2) is 4.98 Å². The largest absolute Gasteiger partial charge is 0.507 e. The van der Waals surface area contributed by atoms with Gasteiger partial charge in [0.1, 0.15) is 15.9 Å². The van der Waals surface area contributed by atoms with E-state index in [9.17, 15) is 15.2 Å². The van der Waals surface area contributed by atoms with E-state index in [1.165, 1.54) is 29.5 Å².